The second-order valence-corrected chi connectivity index (χ2v) is 8.27. The highest BCUT2D eigenvalue weighted by Gasteiger charge is 2.24. The van der Waals surface area contributed by atoms with Gasteiger partial charge in [-0.1, -0.05) is 98.3 Å². The summed E-state index contributed by atoms with van der Waals surface area (Å²) in [5, 5.41) is 0. The summed E-state index contributed by atoms with van der Waals surface area (Å²) in [6.45, 7) is 4.94. The number of nitrogens with two attached hydrogens (primary N) is 1. The molecule has 0 atom stereocenters. The number of primary amides is 1. The number of amides is 1. The van der Waals surface area contributed by atoms with Crippen molar-refractivity contribution in [2.45, 2.75) is 39.7 Å². The molecule has 0 radical (unpaired) electrons. The van der Waals surface area contributed by atoms with Crippen LogP contribution in [0.2, 0.25) is 0 Å². The van der Waals surface area contributed by atoms with Crippen LogP contribution in [0.1, 0.15) is 47.1 Å². The van der Waals surface area contributed by atoms with Gasteiger partial charge in [0.05, 0.1) is 5.56 Å². The van der Waals surface area contributed by atoms with Gasteiger partial charge in [0, 0.05) is 23.5 Å². The van der Waals surface area contributed by atoms with Crippen molar-refractivity contribution in [1.82, 2.24) is 4.57 Å². The molecule has 0 aliphatic carbocycles. The molecular weight excluding hydrogens is 392 g/mol. The molecule has 1 heterocycles. The van der Waals surface area contributed by atoms with Crippen LogP contribution in [0.25, 0.3) is 22.3 Å². The second kappa shape index (κ2) is 9.69. The molecular formula is C29H30N2O. The maximum atomic E-state index is 12.6. The van der Waals surface area contributed by atoms with Crippen LogP contribution in [0.3, 0.4) is 0 Å². The maximum Gasteiger partial charge on any atom is 0.251 e. The standard InChI is InChI=1S/C29H30N2O/c1-3-4-15-26-28(25-18-16-24(17-19-25)23-13-9-6-10-14-23)27(29(30)32)21(2)31(26)20-22-11-7-5-8-12-22/h5-14,16-19H,3-4,15,20H2,1-2H3,(H2,30,32). The molecule has 32 heavy (non-hydrogen) atoms. The Morgan fingerprint density at radius 3 is 1.97 bits per heavy atom. The topological polar surface area (TPSA) is 48.0 Å². The molecule has 0 saturated carbocycles. The third kappa shape index (κ3) is 4.38. The Kier molecular flexibility index (Phi) is 6.55. The molecule has 0 aliphatic heterocycles. The van der Waals surface area contributed by atoms with Crippen molar-refractivity contribution in [3.8, 4) is 22.3 Å². The number of rotatable bonds is 8. The number of carbonyl (C=O) groups is 1. The predicted molar refractivity (Wildman–Crippen MR) is 133 cm³/mol. The quantitative estimate of drug-likeness (QED) is 0.341. The van der Waals surface area contributed by atoms with Crippen LogP contribution in [-0.4, -0.2) is 10.5 Å². The SMILES string of the molecule is CCCCc1c(-c2ccc(-c3ccccc3)cc2)c(C(N)=O)c(C)n1Cc1ccccc1. The third-order valence-corrected chi connectivity index (χ3v) is 6.11. The minimum absolute atomic E-state index is 0.366. The summed E-state index contributed by atoms with van der Waals surface area (Å²) in [4.78, 5) is 12.6. The first-order valence-corrected chi connectivity index (χ1v) is 11.3. The van der Waals surface area contributed by atoms with Crippen LogP contribution >= 0.6 is 0 Å². The highest BCUT2D eigenvalue weighted by atomic mass is 16.1. The molecule has 3 nitrogen and oxygen atoms in total. The van der Waals surface area contributed by atoms with Gasteiger partial charge >= 0.3 is 0 Å². The number of unbranched alkanes of at least 4 members (excludes halogenated alkanes) is 1. The molecule has 4 rings (SSSR count). The fourth-order valence-corrected chi connectivity index (χ4v) is 4.45. The smallest absolute Gasteiger partial charge is 0.251 e. The molecule has 0 saturated heterocycles. The number of carbonyl (C=O) groups excluding carboxylic acids is 1. The monoisotopic (exact) mass is 422 g/mol. The molecule has 1 amide bonds. The van der Waals surface area contributed by atoms with E-state index in [1.165, 1.54) is 16.8 Å². The molecule has 0 fully saturated rings. The third-order valence-electron chi connectivity index (χ3n) is 6.11. The van der Waals surface area contributed by atoms with Crippen molar-refractivity contribution >= 4 is 5.91 Å². The summed E-state index contributed by atoms with van der Waals surface area (Å²) in [6, 6.07) is 29.2. The zero-order valence-corrected chi connectivity index (χ0v) is 18.8. The molecule has 0 bridgehead atoms. The van der Waals surface area contributed by atoms with Crippen LogP contribution in [0, 0.1) is 6.92 Å². The van der Waals surface area contributed by atoms with E-state index in [1.54, 1.807) is 0 Å². The molecule has 2 N–H and O–H groups in total. The lowest BCUT2D eigenvalue weighted by molar-refractivity contribution is 0.1000. The Labute approximate surface area is 190 Å². The fourth-order valence-electron chi connectivity index (χ4n) is 4.45. The lowest BCUT2D eigenvalue weighted by atomic mass is 9.95. The number of benzene rings is 3. The zero-order valence-electron chi connectivity index (χ0n) is 18.8. The minimum Gasteiger partial charge on any atom is -0.366 e. The second-order valence-electron chi connectivity index (χ2n) is 8.27. The molecule has 162 valence electrons. The van der Waals surface area contributed by atoms with E-state index < -0.39 is 0 Å². The summed E-state index contributed by atoms with van der Waals surface area (Å²) < 4.78 is 2.28. The minimum atomic E-state index is -0.366. The number of hydrogen-bond donors (Lipinski definition) is 1. The summed E-state index contributed by atoms with van der Waals surface area (Å²) in [6.07, 6.45) is 3.06. The summed E-state index contributed by atoms with van der Waals surface area (Å²) in [5.74, 6) is -0.366. The molecule has 4 aromatic rings. The van der Waals surface area contributed by atoms with Crippen LogP contribution in [0.5, 0.6) is 0 Å². The van der Waals surface area contributed by atoms with Crippen LogP contribution < -0.4 is 5.73 Å². The van der Waals surface area contributed by atoms with E-state index in [-0.39, 0.29) is 5.91 Å². The Balaban J connectivity index is 1.84. The van der Waals surface area contributed by atoms with Gasteiger partial charge in [-0.2, -0.15) is 0 Å². The molecule has 0 aliphatic rings. The van der Waals surface area contributed by atoms with Crippen molar-refractivity contribution in [2.24, 2.45) is 5.73 Å². The van der Waals surface area contributed by atoms with Gasteiger partial charge in [-0.15, -0.1) is 0 Å². The molecule has 1 aromatic heterocycles. The summed E-state index contributed by atoms with van der Waals surface area (Å²) >= 11 is 0. The van der Waals surface area contributed by atoms with Gasteiger partial charge in [-0.25, -0.2) is 0 Å². The van der Waals surface area contributed by atoms with Gasteiger partial charge in [0.15, 0.2) is 0 Å². The van der Waals surface area contributed by atoms with E-state index in [2.05, 4.69) is 72.2 Å². The Morgan fingerprint density at radius 1 is 0.812 bits per heavy atom. The van der Waals surface area contributed by atoms with E-state index in [9.17, 15) is 4.79 Å². The maximum absolute atomic E-state index is 12.6. The molecule has 0 unspecified atom stereocenters. The lowest BCUT2D eigenvalue weighted by Crippen LogP contribution is -2.13. The molecule has 3 heteroatoms. The van der Waals surface area contributed by atoms with Gasteiger partial charge in [0.2, 0.25) is 0 Å². The highest BCUT2D eigenvalue weighted by molar-refractivity contribution is 6.02. The average Bonchev–Trinajstić information content (AvgIpc) is 3.10. The Hall–Kier alpha value is -3.59. The molecule has 0 spiro atoms. The van der Waals surface area contributed by atoms with Crippen molar-refractivity contribution < 1.29 is 4.79 Å². The largest absolute Gasteiger partial charge is 0.366 e. The van der Waals surface area contributed by atoms with Gasteiger partial charge in [-0.3, -0.25) is 4.79 Å². The van der Waals surface area contributed by atoms with E-state index in [0.717, 1.165) is 48.2 Å². The Morgan fingerprint density at radius 2 is 1.38 bits per heavy atom. The van der Waals surface area contributed by atoms with Crippen LogP contribution in [-0.2, 0) is 13.0 Å². The average molecular weight is 423 g/mol. The summed E-state index contributed by atoms with van der Waals surface area (Å²) in [7, 11) is 0. The first-order chi connectivity index (χ1) is 15.6. The van der Waals surface area contributed by atoms with E-state index in [1.807, 2.05) is 31.2 Å². The van der Waals surface area contributed by atoms with E-state index >= 15 is 0 Å². The van der Waals surface area contributed by atoms with Crippen molar-refractivity contribution in [3.63, 3.8) is 0 Å². The Bertz CT molecular complexity index is 1190. The predicted octanol–water partition coefficient (Wildman–Crippen LogP) is 6.62. The first kappa shape index (κ1) is 21.6. The van der Waals surface area contributed by atoms with Gasteiger partial charge in [0.1, 0.15) is 0 Å². The van der Waals surface area contributed by atoms with Crippen molar-refractivity contribution in [1.29, 1.82) is 0 Å². The first-order valence-electron chi connectivity index (χ1n) is 11.3. The van der Waals surface area contributed by atoms with Gasteiger partial charge in [0.25, 0.3) is 5.91 Å². The molecule has 3 aromatic carbocycles. The zero-order chi connectivity index (χ0) is 22.5. The lowest BCUT2D eigenvalue weighted by Gasteiger charge is -2.14. The van der Waals surface area contributed by atoms with Gasteiger partial charge < -0.3 is 10.3 Å². The van der Waals surface area contributed by atoms with E-state index in [0.29, 0.717) is 5.56 Å². The van der Waals surface area contributed by atoms with Gasteiger partial charge in [-0.05, 0) is 42.0 Å². The fraction of sp³-hybridized carbons (Fsp3) is 0.207. The van der Waals surface area contributed by atoms with Crippen LogP contribution in [0.4, 0.5) is 0 Å². The number of hydrogen-bond acceptors (Lipinski definition) is 1. The summed E-state index contributed by atoms with van der Waals surface area (Å²) in [5.41, 5.74) is 14.3. The van der Waals surface area contributed by atoms with Crippen molar-refractivity contribution in [3.05, 3.63) is 107 Å². The van der Waals surface area contributed by atoms with Crippen LogP contribution in [0.15, 0.2) is 84.9 Å². The van der Waals surface area contributed by atoms with E-state index in [4.69, 9.17) is 5.73 Å². The number of nitrogens with zero attached hydrogens (tertiary/aromatic N) is 1. The normalized spacial score (nSPS) is 10.9. The number of aromatic nitrogens is 1. The highest BCUT2D eigenvalue weighted by Crippen LogP contribution is 2.35. The van der Waals surface area contributed by atoms with Crippen molar-refractivity contribution in [2.75, 3.05) is 0 Å².